The van der Waals surface area contributed by atoms with Gasteiger partial charge in [-0.05, 0) is 33.1 Å². The Hall–Kier alpha value is -1.01. The van der Waals surface area contributed by atoms with Crippen LogP contribution in [0, 0.1) is 13.8 Å². The molecule has 6 heteroatoms. The second-order valence-electron chi connectivity index (χ2n) is 6.21. The largest absolute Gasteiger partial charge is 0.385 e. The molecule has 23 heavy (non-hydrogen) atoms. The number of carbonyl (C=O) groups is 1. The number of aromatic nitrogens is 2. The lowest BCUT2D eigenvalue weighted by atomic mass is 9.95. The van der Waals surface area contributed by atoms with Crippen molar-refractivity contribution in [3.8, 4) is 0 Å². The van der Waals surface area contributed by atoms with Crippen LogP contribution in [0.2, 0.25) is 0 Å². The lowest BCUT2D eigenvalue weighted by Crippen LogP contribution is -2.27. The van der Waals surface area contributed by atoms with Gasteiger partial charge in [-0.2, -0.15) is 0 Å². The molecule has 0 bridgehead atoms. The maximum absolute atomic E-state index is 11.9. The molecule has 0 spiro atoms. The van der Waals surface area contributed by atoms with Crippen molar-refractivity contribution >= 4 is 17.7 Å². The van der Waals surface area contributed by atoms with Crippen LogP contribution in [0.3, 0.4) is 0 Å². The lowest BCUT2D eigenvalue weighted by molar-refractivity contribution is -0.118. The molecule has 0 radical (unpaired) electrons. The van der Waals surface area contributed by atoms with Gasteiger partial charge in [0.05, 0.1) is 11.4 Å². The number of nitrogens with zero attached hydrogens (tertiary/aromatic N) is 2. The Morgan fingerprint density at radius 3 is 2.78 bits per heavy atom. The molecule has 1 saturated carbocycles. The molecular formula is C17H29N3O2S. The van der Waals surface area contributed by atoms with E-state index in [1.807, 2.05) is 0 Å². The highest BCUT2D eigenvalue weighted by Crippen LogP contribution is 2.34. The minimum atomic E-state index is 0.0691. The van der Waals surface area contributed by atoms with Gasteiger partial charge in [0.15, 0.2) is 5.16 Å². The molecule has 1 aromatic heterocycles. The van der Waals surface area contributed by atoms with Crippen LogP contribution in [0.1, 0.15) is 56.0 Å². The van der Waals surface area contributed by atoms with Crippen molar-refractivity contribution in [2.24, 2.45) is 0 Å². The van der Waals surface area contributed by atoms with Crippen molar-refractivity contribution in [1.29, 1.82) is 0 Å². The fourth-order valence-electron chi connectivity index (χ4n) is 3.09. The maximum atomic E-state index is 11.9. The number of thioether (sulfide) groups is 1. The number of amides is 1. The molecule has 2 rings (SSSR count). The fourth-order valence-corrected chi connectivity index (χ4v) is 4.08. The van der Waals surface area contributed by atoms with Crippen LogP contribution in [0.25, 0.3) is 0 Å². The third-order valence-electron chi connectivity index (χ3n) is 4.47. The molecule has 1 heterocycles. The Kier molecular flexibility index (Phi) is 7.43. The van der Waals surface area contributed by atoms with Crippen LogP contribution in [0.4, 0.5) is 0 Å². The summed E-state index contributed by atoms with van der Waals surface area (Å²) in [7, 11) is 1.67. The Balaban J connectivity index is 1.91. The van der Waals surface area contributed by atoms with Gasteiger partial charge < -0.3 is 14.6 Å². The summed E-state index contributed by atoms with van der Waals surface area (Å²) in [6.07, 6.45) is 7.25. The summed E-state index contributed by atoms with van der Waals surface area (Å²) in [5.74, 6) is 0.495. The van der Waals surface area contributed by atoms with Gasteiger partial charge >= 0.3 is 0 Å². The molecule has 0 saturated heterocycles. The second kappa shape index (κ2) is 9.33. The minimum absolute atomic E-state index is 0.0691. The summed E-state index contributed by atoms with van der Waals surface area (Å²) in [5.41, 5.74) is 2.33. The summed E-state index contributed by atoms with van der Waals surface area (Å²) in [4.78, 5) is 16.6. The molecule has 0 aromatic carbocycles. The number of hydrogen-bond acceptors (Lipinski definition) is 4. The normalized spacial score (nSPS) is 15.8. The highest BCUT2D eigenvalue weighted by atomic mass is 32.2. The molecule has 1 N–H and O–H groups in total. The van der Waals surface area contributed by atoms with E-state index in [2.05, 4.69) is 23.7 Å². The maximum Gasteiger partial charge on any atom is 0.230 e. The summed E-state index contributed by atoms with van der Waals surface area (Å²) in [5, 5.41) is 3.93. The third kappa shape index (κ3) is 5.24. The average molecular weight is 340 g/mol. The van der Waals surface area contributed by atoms with E-state index in [0.29, 0.717) is 24.9 Å². The highest BCUT2D eigenvalue weighted by Gasteiger charge is 2.22. The minimum Gasteiger partial charge on any atom is -0.385 e. The number of carbonyl (C=O) groups excluding carboxylic acids is 1. The van der Waals surface area contributed by atoms with E-state index in [1.54, 1.807) is 18.9 Å². The van der Waals surface area contributed by atoms with Gasteiger partial charge in [-0.15, -0.1) is 0 Å². The summed E-state index contributed by atoms with van der Waals surface area (Å²) >= 11 is 1.56. The van der Waals surface area contributed by atoms with Gasteiger partial charge in [-0.3, -0.25) is 4.79 Å². The molecule has 0 aliphatic heterocycles. The van der Waals surface area contributed by atoms with E-state index in [0.717, 1.165) is 17.3 Å². The van der Waals surface area contributed by atoms with Crippen LogP contribution in [0.5, 0.6) is 0 Å². The highest BCUT2D eigenvalue weighted by molar-refractivity contribution is 7.99. The Labute approximate surface area is 143 Å². The number of aryl methyl sites for hydroxylation is 1. The number of hydrogen-bond donors (Lipinski definition) is 1. The lowest BCUT2D eigenvalue weighted by Gasteiger charge is -2.26. The van der Waals surface area contributed by atoms with Gasteiger partial charge in [0.1, 0.15) is 0 Å². The molecule has 0 unspecified atom stereocenters. The van der Waals surface area contributed by atoms with Crippen LogP contribution < -0.4 is 5.32 Å². The van der Waals surface area contributed by atoms with Gasteiger partial charge in [0, 0.05) is 32.0 Å². The van der Waals surface area contributed by atoms with E-state index in [-0.39, 0.29) is 5.91 Å². The first-order valence-electron chi connectivity index (χ1n) is 8.57. The fraction of sp³-hybridized carbons (Fsp3) is 0.765. The summed E-state index contributed by atoms with van der Waals surface area (Å²) < 4.78 is 7.35. The van der Waals surface area contributed by atoms with Gasteiger partial charge in [-0.25, -0.2) is 4.98 Å². The second-order valence-corrected chi connectivity index (χ2v) is 7.15. The van der Waals surface area contributed by atoms with E-state index in [1.165, 1.54) is 37.8 Å². The number of nitrogens with one attached hydrogen (secondary N) is 1. The van der Waals surface area contributed by atoms with E-state index < -0.39 is 0 Å². The number of ether oxygens (including phenoxy) is 1. The van der Waals surface area contributed by atoms with E-state index in [9.17, 15) is 4.79 Å². The van der Waals surface area contributed by atoms with E-state index in [4.69, 9.17) is 9.72 Å². The standard InChI is InChI=1S/C17H29N3O2S/c1-13-14(2)20(15-8-5-4-6-9-15)17(19-13)23-12-16(21)18-10-7-11-22-3/h15H,4-12H2,1-3H3,(H,18,21). The summed E-state index contributed by atoms with van der Waals surface area (Å²) in [6.45, 7) is 5.55. The first-order chi connectivity index (χ1) is 11.1. The van der Waals surface area contributed by atoms with Crippen molar-refractivity contribution < 1.29 is 9.53 Å². The van der Waals surface area contributed by atoms with Gasteiger partial charge in [-0.1, -0.05) is 31.0 Å². The molecule has 1 amide bonds. The smallest absolute Gasteiger partial charge is 0.230 e. The molecule has 1 aromatic rings. The van der Waals surface area contributed by atoms with E-state index >= 15 is 0 Å². The van der Waals surface area contributed by atoms with Crippen molar-refractivity contribution in [2.45, 2.75) is 63.6 Å². The van der Waals surface area contributed by atoms with Crippen LogP contribution in [-0.4, -0.2) is 41.5 Å². The predicted molar refractivity (Wildman–Crippen MR) is 94.0 cm³/mol. The topological polar surface area (TPSA) is 56.1 Å². The van der Waals surface area contributed by atoms with Crippen LogP contribution in [-0.2, 0) is 9.53 Å². The third-order valence-corrected chi connectivity index (χ3v) is 5.43. The molecule has 130 valence electrons. The molecule has 1 aliphatic rings. The van der Waals surface area contributed by atoms with Crippen molar-refractivity contribution in [2.75, 3.05) is 26.0 Å². The monoisotopic (exact) mass is 339 g/mol. The Morgan fingerprint density at radius 2 is 2.09 bits per heavy atom. The van der Waals surface area contributed by atoms with Gasteiger partial charge in [0.25, 0.3) is 0 Å². The zero-order valence-electron chi connectivity index (χ0n) is 14.6. The Morgan fingerprint density at radius 1 is 1.35 bits per heavy atom. The molecule has 5 nitrogen and oxygen atoms in total. The van der Waals surface area contributed by atoms with Crippen molar-refractivity contribution in [3.05, 3.63) is 11.4 Å². The molecular weight excluding hydrogens is 310 g/mol. The Bertz CT molecular complexity index is 510. The van der Waals surface area contributed by atoms with Crippen molar-refractivity contribution in [3.63, 3.8) is 0 Å². The zero-order chi connectivity index (χ0) is 16.7. The zero-order valence-corrected chi connectivity index (χ0v) is 15.4. The molecule has 0 atom stereocenters. The number of rotatable bonds is 8. The average Bonchev–Trinajstić information content (AvgIpc) is 2.85. The quantitative estimate of drug-likeness (QED) is 0.583. The predicted octanol–water partition coefficient (Wildman–Crippen LogP) is 3.25. The molecule has 1 fully saturated rings. The SMILES string of the molecule is COCCCNC(=O)CSc1nc(C)c(C)n1C1CCCCC1. The van der Waals surface area contributed by atoms with Crippen molar-refractivity contribution in [1.82, 2.24) is 14.9 Å². The molecule has 1 aliphatic carbocycles. The first-order valence-corrected chi connectivity index (χ1v) is 9.56. The first kappa shape index (κ1) is 18.3. The van der Waals surface area contributed by atoms with Crippen LogP contribution >= 0.6 is 11.8 Å². The van der Waals surface area contributed by atoms with Gasteiger partial charge in [0.2, 0.25) is 5.91 Å². The summed E-state index contributed by atoms with van der Waals surface area (Å²) in [6, 6.07) is 0.553. The number of methoxy groups -OCH3 is 1. The number of imidazole rings is 1. The van der Waals surface area contributed by atoms with Crippen LogP contribution in [0.15, 0.2) is 5.16 Å².